The maximum atomic E-state index is 13.2. The predicted molar refractivity (Wildman–Crippen MR) is 243 cm³/mol. The van der Waals surface area contributed by atoms with Crippen LogP contribution in [-0.2, 0) is 24.7 Å². The van der Waals surface area contributed by atoms with Crippen molar-refractivity contribution in [2.75, 3.05) is 58.1 Å². The van der Waals surface area contributed by atoms with Crippen molar-refractivity contribution >= 4 is 52.2 Å². The van der Waals surface area contributed by atoms with Crippen LogP contribution in [0.4, 0.5) is 101 Å². The number of anilines is 6. The molecule has 0 bridgehead atoms. The van der Waals surface area contributed by atoms with Gasteiger partial charge in [-0.3, -0.25) is 0 Å². The SMILES string of the molecule is CCCC[N+](CCCC)(CCCC)CCCC.O=C(Nc1cc(C(F)(F)F)cc(C(F)(F)F)c1)Nc1ccccc1NC(=O)Nc1ccccc1NC(=O)Nc1cc(C(F)(F)F)cc(C(F)(F)F)c1.[Cl-]. The summed E-state index contributed by atoms with van der Waals surface area (Å²) in [6.45, 7) is 15.0. The Morgan fingerprint density at radius 3 is 0.800 bits per heavy atom. The Bertz CT molecular complexity index is 2070. The van der Waals surface area contributed by atoms with Crippen LogP contribution in [0.3, 0.4) is 0 Å². The van der Waals surface area contributed by atoms with Gasteiger partial charge in [0.15, 0.2) is 0 Å². The summed E-state index contributed by atoms with van der Waals surface area (Å²) in [5.74, 6) is 0. The number of nitrogens with one attached hydrogen (secondary N) is 6. The molecule has 0 aromatic heterocycles. The van der Waals surface area contributed by atoms with Crippen LogP contribution in [0.25, 0.3) is 0 Å². The molecule has 4 aromatic rings. The molecule has 0 aliphatic heterocycles. The zero-order valence-electron chi connectivity index (χ0n) is 38.7. The Balaban J connectivity index is 0.000000795. The average Bonchev–Trinajstić information content (AvgIpc) is 3.26. The number of urea groups is 3. The fourth-order valence-electron chi connectivity index (χ4n) is 6.95. The summed E-state index contributed by atoms with van der Waals surface area (Å²) >= 11 is 0. The van der Waals surface area contributed by atoms with Crippen molar-refractivity contribution in [1.82, 2.24) is 0 Å². The molecule has 4 rings (SSSR count). The highest BCUT2D eigenvalue weighted by atomic mass is 35.5. The second-order valence-corrected chi connectivity index (χ2v) is 16.1. The third-order valence-corrected chi connectivity index (χ3v) is 10.5. The molecule has 6 amide bonds. The van der Waals surface area contributed by atoms with Gasteiger partial charge in [0.25, 0.3) is 0 Å². The number of hydrogen-bond donors (Lipinski definition) is 6. The first-order valence-corrected chi connectivity index (χ1v) is 22.1. The van der Waals surface area contributed by atoms with Gasteiger partial charge >= 0.3 is 42.8 Å². The van der Waals surface area contributed by atoms with E-state index in [-0.39, 0.29) is 71.6 Å². The molecule has 0 saturated heterocycles. The molecule has 0 spiro atoms. The van der Waals surface area contributed by atoms with Crippen LogP contribution in [0, 0.1) is 0 Å². The molecular formula is C47H56ClF12N7O3. The van der Waals surface area contributed by atoms with E-state index in [2.05, 4.69) is 49.0 Å². The Morgan fingerprint density at radius 2 is 0.600 bits per heavy atom. The van der Waals surface area contributed by atoms with Crippen LogP contribution in [0.2, 0.25) is 0 Å². The monoisotopic (exact) mass is 1030 g/mol. The number of carbonyl (C=O) groups is 3. The highest BCUT2D eigenvalue weighted by Crippen LogP contribution is 2.39. The van der Waals surface area contributed by atoms with Crippen LogP contribution >= 0.6 is 0 Å². The molecule has 10 nitrogen and oxygen atoms in total. The van der Waals surface area contributed by atoms with Gasteiger partial charge in [-0.05, 0) is 86.3 Å². The van der Waals surface area contributed by atoms with Crippen molar-refractivity contribution in [3.8, 4) is 0 Å². The third-order valence-electron chi connectivity index (χ3n) is 10.5. The van der Waals surface area contributed by atoms with Gasteiger partial charge in [0.2, 0.25) is 0 Å². The normalized spacial score (nSPS) is 11.9. The Kier molecular flexibility index (Phi) is 23.1. The Morgan fingerprint density at radius 1 is 0.386 bits per heavy atom. The van der Waals surface area contributed by atoms with E-state index in [4.69, 9.17) is 0 Å². The molecule has 0 fully saturated rings. The zero-order chi connectivity index (χ0) is 51.6. The lowest BCUT2D eigenvalue weighted by molar-refractivity contribution is -0.929. The van der Waals surface area contributed by atoms with E-state index in [0.717, 1.165) is 0 Å². The van der Waals surface area contributed by atoms with Crippen LogP contribution in [0.1, 0.15) is 101 Å². The van der Waals surface area contributed by atoms with Gasteiger partial charge in [-0.15, -0.1) is 0 Å². The largest absolute Gasteiger partial charge is 1.00 e. The van der Waals surface area contributed by atoms with Gasteiger partial charge in [-0.2, -0.15) is 52.7 Å². The van der Waals surface area contributed by atoms with Crippen LogP contribution < -0.4 is 44.3 Å². The van der Waals surface area contributed by atoms with Gasteiger partial charge in [-0.1, -0.05) is 77.6 Å². The van der Waals surface area contributed by atoms with Gasteiger partial charge in [0, 0.05) is 11.4 Å². The first-order chi connectivity index (χ1) is 32.2. The summed E-state index contributed by atoms with van der Waals surface area (Å²) < 4.78 is 160. The number of benzene rings is 4. The number of quaternary nitrogens is 1. The minimum atomic E-state index is -5.18. The molecule has 0 radical (unpaired) electrons. The zero-order valence-corrected chi connectivity index (χ0v) is 39.4. The van der Waals surface area contributed by atoms with Crippen LogP contribution in [0.5, 0.6) is 0 Å². The maximum absolute atomic E-state index is 13.2. The quantitative estimate of drug-likeness (QED) is 0.0439. The molecule has 0 atom stereocenters. The highest BCUT2D eigenvalue weighted by molar-refractivity contribution is 6.08. The van der Waals surface area contributed by atoms with Gasteiger partial charge in [-0.25, -0.2) is 14.4 Å². The number of amides is 6. The topological polar surface area (TPSA) is 123 Å². The molecule has 388 valence electrons. The molecule has 0 aliphatic rings. The van der Waals surface area contributed by atoms with Crippen molar-refractivity contribution in [2.24, 2.45) is 0 Å². The molecule has 23 heteroatoms. The summed E-state index contributed by atoms with van der Waals surface area (Å²) in [5.41, 5.74) is -9.14. The smallest absolute Gasteiger partial charge is 0.416 e. The summed E-state index contributed by atoms with van der Waals surface area (Å²) in [6.07, 6.45) is -9.66. The van der Waals surface area contributed by atoms with Crippen molar-refractivity contribution < 1.29 is 84.0 Å². The number of hydrogen-bond acceptors (Lipinski definition) is 3. The first-order valence-electron chi connectivity index (χ1n) is 22.1. The lowest BCUT2D eigenvalue weighted by Crippen LogP contribution is -3.00. The molecule has 0 saturated carbocycles. The molecule has 4 aromatic carbocycles. The minimum Gasteiger partial charge on any atom is -1.00 e. The maximum Gasteiger partial charge on any atom is 0.416 e. The van der Waals surface area contributed by atoms with Gasteiger partial charge < -0.3 is 48.8 Å². The second kappa shape index (κ2) is 26.9. The van der Waals surface area contributed by atoms with E-state index in [9.17, 15) is 67.1 Å². The van der Waals surface area contributed by atoms with E-state index in [0.29, 0.717) is 0 Å². The Labute approximate surface area is 404 Å². The minimum absolute atomic E-state index is 0. The summed E-state index contributed by atoms with van der Waals surface area (Å²) in [7, 11) is 0. The summed E-state index contributed by atoms with van der Waals surface area (Å²) in [4.78, 5) is 38.0. The summed E-state index contributed by atoms with van der Waals surface area (Å²) in [5, 5.41) is 12.7. The number of unbranched alkanes of at least 4 members (excludes halogenated alkanes) is 4. The molecule has 0 heterocycles. The molecule has 0 unspecified atom stereocenters. The fourth-order valence-corrected chi connectivity index (χ4v) is 6.95. The third kappa shape index (κ3) is 19.8. The second-order valence-electron chi connectivity index (χ2n) is 16.1. The van der Waals surface area contributed by atoms with E-state index >= 15 is 0 Å². The number of rotatable bonds is 18. The van der Waals surface area contributed by atoms with Crippen molar-refractivity contribution in [1.29, 1.82) is 0 Å². The fraction of sp³-hybridized carbons (Fsp3) is 0.426. The van der Waals surface area contributed by atoms with Crippen LogP contribution in [0.15, 0.2) is 84.9 Å². The van der Waals surface area contributed by atoms with Crippen molar-refractivity contribution in [2.45, 2.75) is 104 Å². The molecule has 6 N–H and O–H groups in total. The van der Waals surface area contributed by atoms with Gasteiger partial charge in [0.1, 0.15) is 0 Å². The van der Waals surface area contributed by atoms with Gasteiger partial charge in [0.05, 0.1) is 71.2 Å². The lowest BCUT2D eigenvalue weighted by Gasteiger charge is -2.39. The standard InChI is InChI=1S/C31H20F12N6O3.C16H36N.ClH/c32-28(33,34)15-9-16(29(35,36)37)12-19(11-15)44-25(50)46-21-5-1-3-7-23(21)48-27(52)49-24-8-4-2-6-22(24)47-26(51)45-20-13-17(30(38,39)40)10-18(14-20)31(41,42)43;1-5-9-13-17(14-10-6-2,15-11-7-3)16-12-8-4;/h1-14H,(H2,44,46,50)(H2,45,47,51)(H2,48,49,52);5-16H2,1-4H3;1H/q;+1;/p-1. The number of alkyl halides is 12. The lowest BCUT2D eigenvalue weighted by atomic mass is 10.1. The van der Waals surface area contributed by atoms with E-state index in [1.165, 1.54) is 131 Å². The first kappa shape index (κ1) is 60.2. The highest BCUT2D eigenvalue weighted by Gasteiger charge is 2.38. The number of carbonyl (C=O) groups excluding carboxylic acids is 3. The average molecular weight is 1030 g/mol. The predicted octanol–water partition coefficient (Wildman–Crippen LogP) is 12.7. The van der Waals surface area contributed by atoms with Crippen molar-refractivity contribution in [3.63, 3.8) is 0 Å². The molecule has 70 heavy (non-hydrogen) atoms. The van der Waals surface area contributed by atoms with E-state index in [1.54, 1.807) is 0 Å². The van der Waals surface area contributed by atoms with E-state index < -0.39 is 76.4 Å². The van der Waals surface area contributed by atoms with E-state index in [1.807, 2.05) is 10.6 Å². The van der Waals surface area contributed by atoms with Crippen LogP contribution in [-0.4, -0.2) is 48.8 Å². The number of halogens is 13. The Hall–Kier alpha value is -5.90. The molecule has 0 aliphatic carbocycles. The molecular weight excluding hydrogens is 974 g/mol. The summed E-state index contributed by atoms with van der Waals surface area (Å²) in [6, 6.07) is 7.53. The number of para-hydroxylation sites is 4. The van der Waals surface area contributed by atoms with Crippen molar-refractivity contribution in [3.05, 3.63) is 107 Å². The number of nitrogens with zero attached hydrogens (tertiary/aromatic N) is 1.